The van der Waals surface area contributed by atoms with Gasteiger partial charge in [0, 0.05) is 17.7 Å². The van der Waals surface area contributed by atoms with Crippen LogP contribution in [0.1, 0.15) is 5.56 Å². The normalized spacial score (nSPS) is 10.3. The smallest absolute Gasteiger partial charge is 0.167 e. The van der Waals surface area contributed by atoms with Gasteiger partial charge in [-0.1, -0.05) is 18.2 Å². The van der Waals surface area contributed by atoms with Crippen molar-refractivity contribution in [2.45, 2.75) is 6.61 Å². The van der Waals surface area contributed by atoms with Crippen molar-refractivity contribution in [3.63, 3.8) is 0 Å². The van der Waals surface area contributed by atoms with E-state index in [-0.39, 0.29) is 18.0 Å². The van der Waals surface area contributed by atoms with E-state index in [0.29, 0.717) is 5.75 Å². The third kappa shape index (κ3) is 2.93. The van der Waals surface area contributed by atoms with Gasteiger partial charge in [0.1, 0.15) is 18.2 Å². The van der Waals surface area contributed by atoms with Crippen LogP contribution in [0.5, 0.6) is 11.5 Å². The first-order valence-electron chi connectivity index (χ1n) is 5.61. The number of methoxy groups -OCH3 is 1. The molecule has 0 aromatic heterocycles. The largest absolute Gasteiger partial charge is 0.496 e. The maximum Gasteiger partial charge on any atom is 0.167 e. The van der Waals surface area contributed by atoms with Crippen molar-refractivity contribution in [3.05, 3.63) is 53.6 Å². The second-order valence-electron chi connectivity index (χ2n) is 3.90. The zero-order valence-corrected chi connectivity index (χ0v) is 10.3. The number of anilines is 1. The highest BCUT2D eigenvalue weighted by Gasteiger charge is 2.10. The van der Waals surface area contributed by atoms with Crippen LogP contribution in [0.4, 0.5) is 14.5 Å². The van der Waals surface area contributed by atoms with Crippen molar-refractivity contribution < 1.29 is 18.3 Å². The minimum atomic E-state index is -0.712. The van der Waals surface area contributed by atoms with E-state index in [4.69, 9.17) is 15.2 Å². The maximum atomic E-state index is 13.5. The minimum absolute atomic E-state index is 0.0737. The molecule has 100 valence electrons. The Balaban J connectivity index is 2.17. The maximum absolute atomic E-state index is 13.5. The first-order valence-corrected chi connectivity index (χ1v) is 5.61. The van der Waals surface area contributed by atoms with Gasteiger partial charge in [0.15, 0.2) is 11.6 Å². The van der Waals surface area contributed by atoms with Gasteiger partial charge >= 0.3 is 0 Å². The van der Waals surface area contributed by atoms with E-state index in [1.807, 2.05) is 6.07 Å². The molecule has 0 aliphatic carbocycles. The number of ether oxygens (including phenoxy) is 2. The van der Waals surface area contributed by atoms with Crippen LogP contribution in [0.25, 0.3) is 0 Å². The lowest BCUT2D eigenvalue weighted by Gasteiger charge is -2.11. The summed E-state index contributed by atoms with van der Waals surface area (Å²) in [5.41, 5.74) is 5.74. The van der Waals surface area contributed by atoms with E-state index in [0.717, 1.165) is 17.7 Å². The van der Waals surface area contributed by atoms with E-state index >= 15 is 0 Å². The van der Waals surface area contributed by atoms with Gasteiger partial charge in [-0.05, 0) is 6.07 Å². The van der Waals surface area contributed by atoms with Crippen LogP contribution < -0.4 is 15.2 Å². The second-order valence-corrected chi connectivity index (χ2v) is 3.90. The molecule has 0 aliphatic heterocycles. The predicted octanol–water partition coefficient (Wildman–Crippen LogP) is 3.13. The van der Waals surface area contributed by atoms with Gasteiger partial charge in [-0.3, -0.25) is 0 Å². The highest BCUT2D eigenvalue weighted by atomic mass is 19.1. The van der Waals surface area contributed by atoms with Crippen molar-refractivity contribution in [1.82, 2.24) is 0 Å². The number of hydrogen-bond acceptors (Lipinski definition) is 3. The Morgan fingerprint density at radius 1 is 1.05 bits per heavy atom. The molecule has 19 heavy (non-hydrogen) atoms. The van der Waals surface area contributed by atoms with Crippen LogP contribution in [0.15, 0.2) is 36.4 Å². The SMILES string of the molecule is COc1ccccc1COc1cc(F)c(N)cc1F. The second kappa shape index (κ2) is 5.56. The van der Waals surface area contributed by atoms with Crippen LogP contribution in [-0.4, -0.2) is 7.11 Å². The Morgan fingerprint density at radius 3 is 2.53 bits per heavy atom. The fourth-order valence-corrected chi connectivity index (χ4v) is 1.63. The van der Waals surface area contributed by atoms with Crippen LogP contribution in [0, 0.1) is 11.6 Å². The molecule has 0 saturated heterocycles. The average Bonchev–Trinajstić information content (AvgIpc) is 2.41. The highest BCUT2D eigenvalue weighted by Crippen LogP contribution is 2.25. The summed E-state index contributed by atoms with van der Waals surface area (Å²) in [5.74, 6) is -0.971. The van der Waals surface area contributed by atoms with Gasteiger partial charge in [0.25, 0.3) is 0 Å². The fraction of sp³-hybridized carbons (Fsp3) is 0.143. The fourth-order valence-electron chi connectivity index (χ4n) is 1.63. The first kappa shape index (κ1) is 13.1. The van der Waals surface area contributed by atoms with Crippen molar-refractivity contribution in [3.8, 4) is 11.5 Å². The summed E-state index contributed by atoms with van der Waals surface area (Å²) in [4.78, 5) is 0. The quantitative estimate of drug-likeness (QED) is 0.864. The van der Waals surface area contributed by atoms with Gasteiger partial charge in [-0.2, -0.15) is 0 Å². The lowest BCUT2D eigenvalue weighted by Crippen LogP contribution is -2.01. The molecule has 0 atom stereocenters. The molecule has 0 saturated carbocycles. The molecule has 0 bridgehead atoms. The molecule has 2 rings (SSSR count). The van der Waals surface area contributed by atoms with Crippen LogP contribution in [0.2, 0.25) is 0 Å². The monoisotopic (exact) mass is 265 g/mol. The molecule has 0 amide bonds. The third-order valence-corrected chi connectivity index (χ3v) is 2.63. The number of para-hydroxylation sites is 1. The summed E-state index contributed by atoms with van der Waals surface area (Å²) in [7, 11) is 1.53. The lowest BCUT2D eigenvalue weighted by molar-refractivity contribution is 0.281. The Hall–Kier alpha value is -2.30. The topological polar surface area (TPSA) is 44.5 Å². The Morgan fingerprint density at radius 2 is 1.79 bits per heavy atom. The molecule has 3 nitrogen and oxygen atoms in total. The zero-order chi connectivity index (χ0) is 13.8. The number of benzene rings is 2. The summed E-state index contributed by atoms with van der Waals surface area (Å²) in [5, 5.41) is 0. The standard InChI is InChI=1S/C14H13F2NO2/c1-18-13-5-3-2-4-9(13)8-19-14-7-10(15)12(17)6-11(14)16/h2-7H,8,17H2,1H3. The highest BCUT2D eigenvalue weighted by molar-refractivity contribution is 5.44. The summed E-state index contributed by atoms with van der Waals surface area (Å²) >= 11 is 0. The Kier molecular flexibility index (Phi) is 3.85. The molecule has 0 heterocycles. The summed E-state index contributed by atoms with van der Waals surface area (Å²) < 4.78 is 37.1. The van der Waals surface area contributed by atoms with E-state index in [2.05, 4.69) is 0 Å². The van der Waals surface area contributed by atoms with Crippen LogP contribution in [0.3, 0.4) is 0 Å². The van der Waals surface area contributed by atoms with Crippen molar-refractivity contribution in [1.29, 1.82) is 0 Å². The lowest BCUT2D eigenvalue weighted by atomic mass is 10.2. The molecule has 2 aromatic rings. The molecular weight excluding hydrogens is 252 g/mol. The first-order chi connectivity index (χ1) is 9.11. The molecular formula is C14H13F2NO2. The molecule has 0 unspecified atom stereocenters. The number of hydrogen-bond donors (Lipinski definition) is 1. The zero-order valence-electron chi connectivity index (χ0n) is 10.3. The molecule has 2 aromatic carbocycles. The van der Waals surface area contributed by atoms with Crippen LogP contribution in [-0.2, 0) is 6.61 Å². The summed E-state index contributed by atoms with van der Waals surface area (Å²) in [6, 6.07) is 8.99. The number of nitrogen functional groups attached to an aromatic ring is 1. The average molecular weight is 265 g/mol. The van der Waals surface area contributed by atoms with Gasteiger partial charge in [0.2, 0.25) is 0 Å². The van der Waals surface area contributed by atoms with Gasteiger partial charge < -0.3 is 15.2 Å². The molecule has 0 radical (unpaired) electrons. The van der Waals surface area contributed by atoms with Gasteiger partial charge in [-0.25, -0.2) is 8.78 Å². The molecule has 0 fully saturated rings. The summed E-state index contributed by atoms with van der Waals surface area (Å²) in [6.07, 6.45) is 0. The van der Waals surface area contributed by atoms with Crippen molar-refractivity contribution in [2.24, 2.45) is 0 Å². The van der Waals surface area contributed by atoms with Gasteiger partial charge in [0.05, 0.1) is 12.8 Å². The Bertz CT molecular complexity index is 588. The molecule has 5 heteroatoms. The predicted molar refractivity (Wildman–Crippen MR) is 68.1 cm³/mol. The van der Waals surface area contributed by atoms with E-state index in [1.54, 1.807) is 18.2 Å². The van der Waals surface area contributed by atoms with Crippen LogP contribution >= 0.6 is 0 Å². The summed E-state index contributed by atoms with van der Waals surface area (Å²) in [6.45, 7) is 0.0737. The minimum Gasteiger partial charge on any atom is -0.496 e. The van der Waals surface area contributed by atoms with E-state index < -0.39 is 11.6 Å². The van der Waals surface area contributed by atoms with Crippen molar-refractivity contribution >= 4 is 5.69 Å². The Labute approximate surface area is 109 Å². The van der Waals surface area contributed by atoms with Gasteiger partial charge in [-0.15, -0.1) is 0 Å². The number of halogens is 2. The van der Waals surface area contributed by atoms with Crippen molar-refractivity contribution in [2.75, 3.05) is 12.8 Å². The van der Waals surface area contributed by atoms with E-state index in [1.165, 1.54) is 7.11 Å². The molecule has 2 N–H and O–H groups in total. The molecule has 0 spiro atoms. The van der Waals surface area contributed by atoms with E-state index in [9.17, 15) is 8.78 Å². The number of rotatable bonds is 4. The number of nitrogens with two attached hydrogens (primary N) is 1. The third-order valence-electron chi connectivity index (χ3n) is 2.63. The molecule has 0 aliphatic rings.